The highest BCUT2D eigenvalue weighted by Crippen LogP contribution is 2.16. The maximum Gasteiger partial charge on any atom is 0.316 e. The monoisotopic (exact) mass is 162 g/mol. The second kappa shape index (κ2) is 3.05. The van der Waals surface area contributed by atoms with Gasteiger partial charge < -0.3 is 5.11 Å². The summed E-state index contributed by atoms with van der Waals surface area (Å²) in [6.45, 7) is 2.74. The SMILES string of the molecule is CC(C)(C(=O)O)C(=O)CS. The van der Waals surface area contributed by atoms with E-state index in [1.807, 2.05) is 0 Å². The first-order valence-corrected chi connectivity index (χ1v) is 3.43. The van der Waals surface area contributed by atoms with Crippen LogP contribution in [0.1, 0.15) is 13.8 Å². The number of Topliss-reactive ketones (excluding diaryl/α,β-unsaturated/α-hetero) is 1. The molecule has 0 fully saturated rings. The molecule has 0 unspecified atom stereocenters. The molecule has 0 amide bonds. The van der Waals surface area contributed by atoms with E-state index in [1.54, 1.807) is 0 Å². The van der Waals surface area contributed by atoms with E-state index in [4.69, 9.17) is 5.11 Å². The lowest BCUT2D eigenvalue weighted by Crippen LogP contribution is -2.34. The third kappa shape index (κ3) is 1.73. The van der Waals surface area contributed by atoms with Crippen molar-refractivity contribution in [1.82, 2.24) is 0 Å². The molecule has 0 aliphatic carbocycles. The summed E-state index contributed by atoms with van der Waals surface area (Å²) in [4.78, 5) is 21.2. The van der Waals surface area contributed by atoms with Gasteiger partial charge in [0.25, 0.3) is 0 Å². The van der Waals surface area contributed by atoms with Gasteiger partial charge in [0.15, 0.2) is 5.78 Å². The van der Waals surface area contributed by atoms with E-state index in [0.717, 1.165) is 0 Å². The van der Waals surface area contributed by atoms with Crippen molar-refractivity contribution >= 4 is 24.4 Å². The Balaban J connectivity index is 4.40. The average Bonchev–Trinajstić information content (AvgIpc) is 1.86. The fourth-order valence-corrected chi connectivity index (χ4v) is 0.712. The molecular formula is C6H10O3S. The molecule has 0 saturated heterocycles. The smallest absolute Gasteiger partial charge is 0.316 e. The number of rotatable bonds is 3. The number of aliphatic carboxylic acids is 1. The summed E-state index contributed by atoms with van der Waals surface area (Å²) >= 11 is 3.69. The van der Waals surface area contributed by atoms with E-state index in [1.165, 1.54) is 13.8 Å². The number of carbonyl (C=O) groups excluding carboxylic acids is 1. The highest BCUT2D eigenvalue weighted by Gasteiger charge is 2.34. The largest absolute Gasteiger partial charge is 0.481 e. The highest BCUT2D eigenvalue weighted by atomic mass is 32.1. The first-order valence-electron chi connectivity index (χ1n) is 2.80. The number of carboxylic acid groups (broad SMARTS) is 1. The summed E-state index contributed by atoms with van der Waals surface area (Å²) in [5.41, 5.74) is -1.29. The van der Waals surface area contributed by atoms with Crippen LogP contribution in [-0.2, 0) is 9.59 Å². The molecule has 0 saturated carbocycles. The highest BCUT2D eigenvalue weighted by molar-refractivity contribution is 7.81. The summed E-state index contributed by atoms with van der Waals surface area (Å²) in [6, 6.07) is 0. The number of carbonyl (C=O) groups is 2. The third-order valence-corrected chi connectivity index (χ3v) is 1.66. The molecule has 0 aromatic carbocycles. The molecule has 0 spiro atoms. The predicted octanol–water partition coefficient (Wildman–Crippen LogP) is 0.596. The molecule has 0 aromatic heterocycles. The van der Waals surface area contributed by atoms with Crippen molar-refractivity contribution in [3.63, 3.8) is 0 Å². The summed E-state index contributed by atoms with van der Waals surface area (Å²) in [7, 11) is 0. The molecule has 0 aromatic rings. The van der Waals surface area contributed by atoms with Gasteiger partial charge in [-0.2, -0.15) is 12.6 Å². The molecular weight excluding hydrogens is 152 g/mol. The molecule has 58 valence electrons. The minimum absolute atomic E-state index is 0.0285. The van der Waals surface area contributed by atoms with Crippen molar-refractivity contribution in [2.45, 2.75) is 13.8 Å². The van der Waals surface area contributed by atoms with Crippen LogP contribution in [0.5, 0.6) is 0 Å². The van der Waals surface area contributed by atoms with E-state index in [2.05, 4.69) is 12.6 Å². The van der Waals surface area contributed by atoms with Crippen molar-refractivity contribution in [3.05, 3.63) is 0 Å². The lowest BCUT2D eigenvalue weighted by molar-refractivity contribution is -0.151. The van der Waals surface area contributed by atoms with Crippen molar-refractivity contribution < 1.29 is 14.7 Å². The lowest BCUT2D eigenvalue weighted by Gasteiger charge is -2.15. The van der Waals surface area contributed by atoms with Gasteiger partial charge in [-0.1, -0.05) is 0 Å². The van der Waals surface area contributed by atoms with Crippen molar-refractivity contribution in [1.29, 1.82) is 0 Å². The van der Waals surface area contributed by atoms with Crippen LogP contribution in [0.4, 0.5) is 0 Å². The molecule has 0 bridgehead atoms. The van der Waals surface area contributed by atoms with Gasteiger partial charge >= 0.3 is 5.97 Å². The molecule has 0 atom stereocenters. The molecule has 1 N–H and O–H groups in total. The Bertz CT molecular complexity index is 162. The van der Waals surface area contributed by atoms with Gasteiger partial charge in [0.1, 0.15) is 5.41 Å². The van der Waals surface area contributed by atoms with Crippen LogP contribution < -0.4 is 0 Å². The normalized spacial score (nSPS) is 11.1. The molecule has 0 rings (SSSR count). The second-order valence-electron chi connectivity index (χ2n) is 2.51. The van der Waals surface area contributed by atoms with Gasteiger partial charge in [-0.15, -0.1) is 0 Å². The second-order valence-corrected chi connectivity index (χ2v) is 2.83. The number of carboxylic acids is 1. The molecule has 0 radical (unpaired) electrons. The number of thiol groups is 1. The molecule has 10 heavy (non-hydrogen) atoms. The summed E-state index contributed by atoms with van der Waals surface area (Å²) in [5.74, 6) is -1.51. The summed E-state index contributed by atoms with van der Waals surface area (Å²) in [6.07, 6.45) is 0. The van der Waals surface area contributed by atoms with Crippen LogP contribution in [0.2, 0.25) is 0 Å². The average molecular weight is 162 g/mol. The van der Waals surface area contributed by atoms with Gasteiger partial charge in [-0.25, -0.2) is 0 Å². The Morgan fingerprint density at radius 1 is 1.50 bits per heavy atom. The minimum atomic E-state index is -1.29. The predicted molar refractivity (Wildman–Crippen MR) is 40.3 cm³/mol. The number of ketones is 1. The van der Waals surface area contributed by atoms with Crippen LogP contribution >= 0.6 is 12.6 Å². The van der Waals surface area contributed by atoms with E-state index in [9.17, 15) is 9.59 Å². The Labute approximate surface area is 64.8 Å². The summed E-state index contributed by atoms with van der Waals surface area (Å²) < 4.78 is 0. The third-order valence-electron chi connectivity index (χ3n) is 1.38. The van der Waals surface area contributed by atoms with E-state index < -0.39 is 11.4 Å². The first-order chi connectivity index (χ1) is 4.42. The zero-order valence-electron chi connectivity index (χ0n) is 5.92. The molecule has 0 heterocycles. The maximum absolute atomic E-state index is 10.8. The van der Waals surface area contributed by atoms with Gasteiger partial charge in [-0.05, 0) is 13.8 Å². The van der Waals surface area contributed by atoms with Gasteiger partial charge in [0.2, 0.25) is 0 Å². The van der Waals surface area contributed by atoms with Crippen LogP contribution in [0.15, 0.2) is 0 Å². The minimum Gasteiger partial charge on any atom is -0.481 e. The fourth-order valence-electron chi connectivity index (χ4n) is 0.317. The molecule has 0 aliphatic heterocycles. The standard InChI is InChI=1S/C6H10O3S/c1-6(2,5(8)9)4(7)3-10/h10H,3H2,1-2H3,(H,8,9). The number of hydrogen-bond acceptors (Lipinski definition) is 3. The molecule has 3 nitrogen and oxygen atoms in total. The van der Waals surface area contributed by atoms with Crippen LogP contribution in [-0.4, -0.2) is 22.6 Å². The van der Waals surface area contributed by atoms with E-state index >= 15 is 0 Å². The van der Waals surface area contributed by atoms with Gasteiger partial charge in [-0.3, -0.25) is 9.59 Å². The van der Waals surface area contributed by atoms with Crippen LogP contribution in [0.25, 0.3) is 0 Å². The van der Waals surface area contributed by atoms with E-state index in [-0.39, 0.29) is 11.5 Å². The van der Waals surface area contributed by atoms with E-state index in [0.29, 0.717) is 0 Å². The van der Waals surface area contributed by atoms with Crippen molar-refractivity contribution in [2.24, 2.45) is 5.41 Å². The van der Waals surface area contributed by atoms with Crippen molar-refractivity contribution in [2.75, 3.05) is 5.75 Å². The fraction of sp³-hybridized carbons (Fsp3) is 0.667. The van der Waals surface area contributed by atoms with Crippen LogP contribution in [0.3, 0.4) is 0 Å². The van der Waals surface area contributed by atoms with Crippen LogP contribution in [0, 0.1) is 5.41 Å². The zero-order valence-corrected chi connectivity index (χ0v) is 6.81. The van der Waals surface area contributed by atoms with Crippen molar-refractivity contribution in [3.8, 4) is 0 Å². The zero-order chi connectivity index (χ0) is 8.36. The first kappa shape index (κ1) is 9.49. The number of hydrogen-bond donors (Lipinski definition) is 2. The quantitative estimate of drug-likeness (QED) is 0.472. The molecule has 0 aliphatic rings. The lowest BCUT2D eigenvalue weighted by atomic mass is 9.89. The molecule has 4 heteroatoms. The van der Waals surface area contributed by atoms with Gasteiger partial charge in [0, 0.05) is 0 Å². The Hall–Kier alpha value is -0.510. The Morgan fingerprint density at radius 3 is 2.00 bits per heavy atom. The van der Waals surface area contributed by atoms with Gasteiger partial charge in [0.05, 0.1) is 5.75 Å². The Morgan fingerprint density at radius 2 is 1.90 bits per heavy atom. The topological polar surface area (TPSA) is 54.4 Å². The Kier molecular flexibility index (Phi) is 2.90. The summed E-state index contributed by atoms with van der Waals surface area (Å²) in [5, 5.41) is 8.49. The maximum atomic E-state index is 10.8.